The molecule has 1 N–H and O–H groups in total. The number of aryl methyl sites for hydroxylation is 2. The second kappa shape index (κ2) is 7.52. The SMILES string of the molecule is Cc1cc(C)cc(OCCC(=O)Nc2cc(Cl)ccc2Cl)c1. The Balaban J connectivity index is 1.86. The Labute approximate surface area is 140 Å². The van der Waals surface area contributed by atoms with Gasteiger partial charge in [0, 0.05) is 5.02 Å². The average Bonchev–Trinajstić information content (AvgIpc) is 2.42. The van der Waals surface area contributed by atoms with Crippen molar-refractivity contribution in [3.63, 3.8) is 0 Å². The molecule has 1 amide bonds. The molecule has 0 aromatic heterocycles. The highest BCUT2D eigenvalue weighted by Gasteiger charge is 2.07. The number of anilines is 1. The molecule has 2 aromatic carbocycles. The predicted molar refractivity (Wildman–Crippen MR) is 91.1 cm³/mol. The van der Waals surface area contributed by atoms with E-state index in [9.17, 15) is 4.79 Å². The molecule has 0 saturated heterocycles. The van der Waals surface area contributed by atoms with Crippen LogP contribution in [0.5, 0.6) is 5.75 Å². The maximum absolute atomic E-state index is 11.9. The van der Waals surface area contributed by atoms with Gasteiger partial charge in [0.25, 0.3) is 0 Å². The lowest BCUT2D eigenvalue weighted by Gasteiger charge is -2.10. The lowest BCUT2D eigenvalue weighted by atomic mass is 10.1. The van der Waals surface area contributed by atoms with Crippen LogP contribution in [0.3, 0.4) is 0 Å². The van der Waals surface area contributed by atoms with Crippen LogP contribution in [0.1, 0.15) is 17.5 Å². The first-order chi connectivity index (χ1) is 10.4. The Hall–Kier alpha value is -1.71. The Morgan fingerprint density at radius 2 is 1.77 bits per heavy atom. The summed E-state index contributed by atoms with van der Waals surface area (Å²) in [5.74, 6) is 0.597. The zero-order valence-electron chi connectivity index (χ0n) is 12.5. The van der Waals surface area contributed by atoms with E-state index in [2.05, 4.69) is 11.4 Å². The van der Waals surface area contributed by atoms with E-state index in [1.807, 2.05) is 26.0 Å². The number of carbonyl (C=O) groups is 1. The molecule has 0 fully saturated rings. The monoisotopic (exact) mass is 337 g/mol. The van der Waals surface area contributed by atoms with Gasteiger partial charge in [-0.3, -0.25) is 4.79 Å². The van der Waals surface area contributed by atoms with Gasteiger partial charge in [0.2, 0.25) is 5.91 Å². The zero-order chi connectivity index (χ0) is 16.1. The van der Waals surface area contributed by atoms with E-state index >= 15 is 0 Å². The third-order valence-corrected chi connectivity index (χ3v) is 3.56. The minimum absolute atomic E-state index is 0.173. The van der Waals surface area contributed by atoms with E-state index in [-0.39, 0.29) is 12.3 Å². The van der Waals surface area contributed by atoms with Crippen LogP contribution < -0.4 is 10.1 Å². The second-order valence-electron chi connectivity index (χ2n) is 5.09. The first-order valence-corrected chi connectivity index (χ1v) is 7.65. The Bertz CT molecular complexity index is 666. The fourth-order valence-electron chi connectivity index (χ4n) is 2.08. The fraction of sp³-hybridized carbons (Fsp3) is 0.235. The summed E-state index contributed by atoms with van der Waals surface area (Å²) in [6.07, 6.45) is 0.232. The van der Waals surface area contributed by atoms with E-state index in [4.69, 9.17) is 27.9 Å². The maximum atomic E-state index is 11.9. The molecule has 0 saturated carbocycles. The molecule has 0 aliphatic carbocycles. The highest BCUT2D eigenvalue weighted by atomic mass is 35.5. The molecule has 0 bridgehead atoms. The molecule has 0 atom stereocenters. The number of ether oxygens (including phenoxy) is 1. The first kappa shape index (κ1) is 16.7. The van der Waals surface area contributed by atoms with E-state index in [0.717, 1.165) is 16.9 Å². The Morgan fingerprint density at radius 3 is 2.45 bits per heavy atom. The minimum atomic E-state index is -0.173. The highest BCUT2D eigenvalue weighted by molar-refractivity contribution is 6.35. The summed E-state index contributed by atoms with van der Waals surface area (Å²) in [5, 5.41) is 3.70. The molecule has 0 radical (unpaired) electrons. The van der Waals surface area contributed by atoms with E-state index < -0.39 is 0 Å². The predicted octanol–water partition coefficient (Wildman–Crippen LogP) is 5.02. The van der Waals surface area contributed by atoms with Crippen molar-refractivity contribution in [2.75, 3.05) is 11.9 Å². The normalized spacial score (nSPS) is 10.4. The standard InChI is InChI=1S/C17H17Cl2NO2/c1-11-7-12(2)9-14(8-11)22-6-5-17(21)20-16-10-13(18)3-4-15(16)19/h3-4,7-10H,5-6H2,1-2H3,(H,20,21). The van der Waals surface area contributed by atoms with Crippen LogP contribution in [0.15, 0.2) is 36.4 Å². The summed E-state index contributed by atoms with van der Waals surface area (Å²) in [4.78, 5) is 11.9. The number of amides is 1. The van der Waals surface area contributed by atoms with Crippen LogP contribution in [0.4, 0.5) is 5.69 Å². The third kappa shape index (κ3) is 4.93. The minimum Gasteiger partial charge on any atom is -0.493 e. The molecule has 2 aromatic rings. The summed E-state index contributed by atoms with van der Waals surface area (Å²) in [7, 11) is 0. The molecule has 3 nitrogen and oxygen atoms in total. The van der Waals surface area contributed by atoms with Gasteiger partial charge in [-0.1, -0.05) is 29.3 Å². The molecule has 0 aliphatic heterocycles. The number of hydrogen-bond donors (Lipinski definition) is 1. The van der Waals surface area contributed by atoms with E-state index in [1.165, 1.54) is 0 Å². The highest BCUT2D eigenvalue weighted by Crippen LogP contribution is 2.25. The molecule has 22 heavy (non-hydrogen) atoms. The quantitative estimate of drug-likeness (QED) is 0.831. The summed E-state index contributed by atoms with van der Waals surface area (Å²) in [5.41, 5.74) is 2.76. The zero-order valence-corrected chi connectivity index (χ0v) is 14.0. The average molecular weight is 338 g/mol. The van der Waals surface area contributed by atoms with Crippen molar-refractivity contribution in [3.8, 4) is 5.75 Å². The van der Waals surface area contributed by atoms with Gasteiger partial charge in [0.15, 0.2) is 0 Å². The fourth-order valence-corrected chi connectivity index (χ4v) is 2.42. The molecule has 0 aliphatic rings. The van der Waals surface area contributed by atoms with Crippen molar-refractivity contribution in [1.82, 2.24) is 0 Å². The lowest BCUT2D eigenvalue weighted by Crippen LogP contribution is -2.15. The number of hydrogen-bond acceptors (Lipinski definition) is 2. The van der Waals surface area contributed by atoms with Crippen LogP contribution >= 0.6 is 23.2 Å². The van der Waals surface area contributed by atoms with Gasteiger partial charge in [-0.25, -0.2) is 0 Å². The van der Waals surface area contributed by atoms with Crippen molar-refractivity contribution >= 4 is 34.8 Å². The van der Waals surface area contributed by atoms with Gasteiger partial charge in [0.1, 0.15) is 5.75 Å². The number of benzene rings is 2. The third-order valence-electron chi connectivity index (χ3n) is 3.00. The number of rotatable bonds is 5. The number of carbonyl (C=O) groups excluding carboxylic acids is 1. The van der Waals surface area contributed by atoms with Gasteiger partial charge in [0.05, 0.1) is 23.7 Å². The van der Waals surface area contributed by atoms with Gasteiger partial charge in [-0.15, -0.1) is 0 Å². The van der Waals surface area contributed by atoms with Gasteiger partial charge in [-0.2, -0.15) is 0 Å². The van der Waals surface area contributed by atoms with Gasteiger partial charge < -0.3 is 10.1 Å². The van der Waals surface area contributed by atoms with E-state index in [1.54, 1.807) is 18.2 Å². The van der Waals surface area contributed by atoms with Crippen LogP contribution in [0.25, 0.3) is 0 Å². The van der Waals surface area contributed by atoms with Crippen LogP contribution in [-0.2, 0) is 4.79 Å². The maximum Gasteiger partial charge on any atom is 0.227 e. The smallest absolute Gasteiger partial charge is 0.227 e. The van der Waals surface area contributed by atoms with Crippen molar-refractivity contribution in [1.29, 1.82) is 0 Å². The summed E-state index contributed by atoms with van der Waals surface area (Å²) >= 11 is 11.9. The summed E-state index contributed by atoms with van der Waals surface area (Å²) < 4.78 is 5.61. The largest absolute Gasteiger partial charge is 0.493 e. The molecule has 116 valence electrons. The molecular formula is C17H17Cl2NO2. The number of nitrogens with one attached hydrogen (secondary N) is 1. The lowest BCUT2D eigenvalue weighted by molar-refractivity contribution is -0.116. The van der Waals surface area contributed by atoms with Gasteiger partial charge in [-0.05, 0) is 55.3 Å². The Kier molecular flexibility index (Phi) is 5.69. The summed E-state index contributed by atoms with van der Waals surface area (Å²) in [6.45, 7) is 4.31. The van der Waals surface area contributed by atoms with Crippen molar-refractivity contribution in [2.45, 2.75) is 20.3 Å². The van der Waals surface area contributed by atoms with Crippen LogP contribution in [-0.4, -0.2) is 12.5 Å². The van der Waals surface area contributed by atoms with Crippen molar-refractivity contribution < 1.29 is 9.53 Å². The molecule has 0 spiro atoms. The van der Waals surface area contributed by atoms with Crippen LogP contribution in [0, 0.1) is 13.8 Å². The van der Waals surface area contributed by atoms with E-state index in [0.29, 0.717) is 22.3 Å². The molecule has 2 rings (SSSR count). The summed E-state index contributed by atoms with van der Waals surface area (Å²) in [6, 6.07) is 10.9. The van der Waals surface area contributed by atoms with Gasteiger partial charge >= 0.3 is 0 Å². The molecule has 0 heterocycles. The van der Waals surface area contributed by atoms with Crippen molar-refractivity contribution in [3.05, 3.63) is 57.6 Å². The molecule has 5 heteroatoms. The van der Waals surface area contributed by atoms with Crippen molar-refractivity contribution in [2.24, 2.45) is 0 Å². The number of halogens is 2. The Morgan fingerprint density at radius 1 is 1.09 bits per heavy atom. The van der Waals surface area contributed by atoms with Crippen LogP contribution in [0.2, 0.25) is 10.0 Å². The first-order valence-electron chi connectivity index (χ1n) is 6.90. The molecular weight excluding hydrogens is 321 g/mol. The molecule has 0 unspecified atom stereocenters. The second-order valence-corrected chi connectivity index (χ2v) is 5.94. The topological polar surface area (TPSA) is 38.3 Å².